The van der Waals surface area contributed by atoms with Crippen LogP contribution in [0.3, 0.4) is 0 Å². The van der Waals surface area contributed by atoms with Gasteiger partial charge in [-0.2, -0.15) is 0 Å². The van der Waals surface area contributed by atoms with Crippen LogP contribution in [0.4, 0.5) is 5.69 Å². The third-order valence-electron chi connectivity index (χ3n) is 3.43. The number of aldehydes is 1. The Morgan fingerprint density at radius 2 is 1.94 bits per heavy atom. The lowest BCUT2D eigenvalue weighted by Gasteiger charge is -2.32. The first-order valence-corrected chi connectivity index (χ1v) is 5.98. The molecule has 0 aliphatic carbocycles. The van der Waals surface area contributed by atoms with Crippen molar-refractivity contribution in [3.63, 3.8) is 0 Å². The molecule has 0 aromatic heterocycles. The summed E-state index contributed by atoms with van der Waals surface area (Å²) in [6.45, 7) is 6.30. The van der Waals surface area contributed by atoms with Gasteiger partial charge in [0.2, 0.25) is 0 Å². The van der Waals surface area contributed by atoms with Gasteiger partial charge in [-0.1, -0.05) is 17.7 Å². The molecule has 0 radical (unpaired) electrons. The first-order chi connectivity index (χ1) is 7.70. The zero-order valence-electron chi connectivity index (χ0n) is 10.1. The average Bonchev–Trinajstić information content (AvgIpc) is 2.29. The molecule has 1 heterocycles. The molecule has 2 rings (SSSR count). The fraction of sp³-hybridized carbons (Fsp3) is 0.500. The Labute approximate surface area is 97.3 Å². The third kappa shape index (κ3) is 2.26. The molecule has 0 atom stereocenters. The van der Waals surface area contributed by atoms with Crippen molar-refractivity contribution in [1.29, 1.82) is 0 Å². The van der Waals surface area contributed by atoms with E-state index < -0.39 is 0 Å². The molecule has 0 bridgehead atoms. The van der Waals surface area contributed by atoms with Gasteiger partial charge >= 0.3 is 0 Å². The molecule has 1 aliphatic rings. The molecular formula is C14H19NO. The summed E-state index contributed by atoms with van der Waals surface area (Å²) in [6.07, 6.45) is 3.10. The van der Waals surface area contributed by atoms with Crippen LogP contribution in [-0.2, 0) is 4.79 Å². The fourth-order valence-electron chi connectivity index (χ4n) is 2.44. The third-order valence-corrected chi connectivity index (χ3v) is 3.43. The van der Waals surface area contributed by atoms with Gasteiger partial charge < -0.3 is 9.69 Å². The zero-order chi connectivity index (χ0) is 11.5. The van der Waals surface area contributed by atoms with Gasteiger partial charge in [0.05, 0.1) is 0 Å². The molecule has 0 amide bonds. The highest BCUT2D eigenvalue weighted by Gasteiger charge is 2.19. The number of nitrogens with zero attached hydrogens (tertiary/aromatic N) is 1. The number of hydrogen-bond donors (Lipinski definition) is 0. The Balaban J connectivity index is 2.11. The standard InChI is InChI=1S/C14H19NO/c1-11-3-4-14(12(2)9-11)15-7-5-13(10-16)6-8-15/h3-4,9-10,13H,5-8H2,1-2H3. The van der Waals surface area contributed by atoms with Gasteiger partial charge in [0.25, 0.3) is 0 Å². The van der Waals surface area contributed by atoms with E-state index in [4.69, 9.17) is 0 Å². The molecule has 0 spiro atoms. The van der Waals surface area contributed by atoms with Crippen molar-refractivity contribution in [3.05, 3.63) is 29.3 Å². The number of rotatable bonds is 2. The molecular weight excluding hydrogens is 198 g/mol. The summed E-state index contributed by atoms with van der Waals surface area (Å²) in [7, 11) is 0. The SMILES string of the molecule is Cc1ccc(N2CCC(C=O)CC2)c(C)c1. The van der Waals surface area contributed by atoms with Crippen LogP contribution in [0.2, 0.25) is 0 Å². The summed E-state index contributed by atoms with van der Waals surface area (Å²) in [5.74, 6) is 0.280. The molecule has 1 fully saturated rings. The Hall–Kier alpha value is -1.31. The normalized spacial score (nSPS) is 17.5. The van der Waals surface area contributed by atoms with Gasteiger partial charge in [0.15, 0.2) is 0 Å². The summed E-state index contributed by atoms with van der Waals surface area (Å²) in [5.41, 5.74) is 3.98. The minimum atomic E-state index is 0.280. The monoisotopic (exact) mass is 217 g/mol. The summed E-state index contributed by atoms with van der Waals surface area (Å²) in [5, 5.41) is 0. The van der Waals surface area contributed by atoms with E-state index in [9.17, 15) is 4.79 Å². The Kier molecular flexibility index (Phi) is 3.28. The van der Waals surface area contributed by atoms with Crippen molar-refractivity contribution >= 4 is 12.0 Å². The topological polar surface area (TPSA) is 20.3 Å². The number of aryl methyl sites for hydroxylation is 2. The maximum absolute atomic E-state index is 10.7. The van der Waals surface area contributed by atoms with E-state index in [0.717, 1.165) is 32.2 Å². The molecule has 1 aliphatic heterocycles. The van der Waals surface area contributed by atoms with Gasteiger partial charge in [0.1, 0.15) is 6.29 Å². The first-order valence-electron chi connectivity index (χ1n) is 5.98. The van der Waals surface area contributed by atoms with E-state index in [1.54, 1.807) is 0 Å². The van der Waals surface area contributed by atoms with Crippen LogP contribution in [0.15, 0.2) is 18.2 Å². The number of benzene rings is 1. The van der Waals surface area contributed by atoms with Crippen LogP contribution in [0.5, 0.6) is 0 Å². The highest BCUT2D eigenvalue weighted by molar-refractivity contribution is 5.57. The van der Waals surface area contributed by atoms with Crippen LogP contribution < -0.4 is 4.90 Å². The zero-order valence-corrected chi connectivity index (χ0v) is 10.1. The maximum Gasteiger partial charge on any atom is 0.123 e. The summed E-state index contributed by atoms with van der Waals surface area (Å²) in [6, 6.07) is 6.58. The first kappa shape index (κ1) is 11.2. The van der Waals surface area contributed by atoms with E-state index in [1.165, 1.54) is 16.8 Å². The molecule has 0 saturated carbocycles. The number of carbonyl (C=O) groups is 1. The van der Waals surface area contributed by atoms with E-state index in [1.807, 2.05) is 0 Å². The molecule has 0 unspecified atom stereocenters. The van der Waals surface area contributed by atoms with Gasteiger partial charge in [0, 0.05) is 24.7 Å². The predicted octanol–water partition coefficient (Wildman–Crippen LogP) is 2.72. The molecule has 2 nitrogen and oxygen atoms in total. The van der Waals surface area contributed by atoms with Crippen LogP contribution in [0.25, 0.3) is 0 Å². The molecule has 2 heteroatoms. The number of hydrogen-bond acceptors (Lipinski definition) is 2. The van der Waals surface area contributed by atoms with E-state index in [2.05, 4.69) is 36.9 Å². The lowest BCUT2D eigenvalue weighted by molar-refractivity contribution is -0.111. The molecule has 0 N–H and O–H groups in total. The van der Waals surface area contributed by atoms with Gasteiger partial charge in [-0.15, -0.1) is 0 Å². The number of carbonyl (C=O) groups excluding carboxylic acids is 1. The van der Waals surface area contributed by atoms with Crippen LogP contribution in [0.1, 0.15) is 24.0 Å². The molecule has 1 aromatic rings. The van der Waals surface area contributed by atoms with E-state index >= 15 is 0 Å². The van der Waals surface area contributed by atoms with Crippen molar-refractivity contribution in [3.8, 4) is 0 Å². The summed E-state index contributed by atoms with van der Waals surface area (Å²) >= 11 is 0. The smallest absolute Gasteiger partial charge is 0.123 e. The Morgan fingerprint density at radius 1 is 1.25 bits per heavy atom. The predicted molar refractivity (Wildman–Crippen MR) is 66.9 cm³/mol. The lowest BCUT2D eigenvalue weighted by atomic mass is 9.97. The minimum absolute atomic E-state index is 0.280. The van der Waals surface area contributed by atoms with Gasteiger partial charge in [-0.3, -0.25) is 0 Å². The molecule has 1 saturated heterocycles. The lowest BCUT2D eigenvalue weighted by Crippen LogP contribution is -2.34. The van der Waals surface area contributed by atoms with Crippen molar-refractivity contribution in [2.45, 2.75) is 26.7 Å². The highest BCUT2D eigenvalue weighted by atomic mass is 16.1. The second-order valence-corrected chi connectivity index (χ2v) is 4.75. The second-order valence-electron chi connectivity index (χ2n) is 4.75. The summed E-state index contributed by atoms with van der Waals surface area (Å²) < 4.78 is 0. The highest BCUT2D eigenvalue weighted by Crippen LogP contribution is 2.25. The maximum atomic E-state index is 10.7. The van der Waals surface area contributed by atoms with Crippen molar-refractivity contribution in [2.75, 3.05) is 18.0 Å². The van der Waals surface area contributed by atoms with Crippen molar-refractivity contribution < 1.29 is 4.79 Å². The van der Waals surface area contributed by atoms with E-state index in [0.29, 0.717) is 0 Å². The van der Waals surface area contributed by atoms with Crippen LogP contribution in [0, 0.1) is 19.8 Å². The Bertz CT molecular complexity index is 378. The van der Waals surface area contributed by atoms with Gasteiger partial charge in [-0.25, -0.2) is 0 Å². The summed E-state index contributed by atoms with van der Waals surface area (Å²) in [4.78, 5) is 13.1. The molecule has 86 valence electrons. The van der Waals surface area contributed by atoms with E-state index in [-0.39, 0.29) is 5.92 Å². The quantitative estimate of drug-likeness (QED) is 0.710. The number of anilines is 1. The molecule has 1 aromatic carbocycles. The largest absolute Gasteiger partial charge is 0.371 e. The van der Waals surface area contributed by atoms with Crippen LogP contribution >= 0.6 is 0 Å². The fourth-order valence-corrected chi connectivity index (χ4v) is 2.44. The number of piperidine rings is 1. The van der Waals surface area contributed by atoms with Crippen molar-refractivity contribution in [2.24, 2.45) is 5.92 Å². The molecule has 16 heavy (non-hydrogen) atoms. The Morgan fingerprint density at radius 3 is 2.50 bits per heavy atom. The van der Waals surface area contributed by atoms with Crippen molar-refractivity contribution in [1.82, 2.24) is 0 Å². The second kappa shape index (κ2) is 4.69. The van der Waals surface area contributed by atoms with Crippen LogP contribution in [-0.4, -0.2) is 19.4 Å². The minimum Gasteiger partial charge on any atom is -0.371 e. The van der Waals surface area contributed by atoms with Gasteiger partial charge in [-0.05, 0) is 38.3 Å². The average molecular weight is 217 g/mol.